The topological polar surface area (TPSA) is 43.4 Å². The van der Waals surface area contributed by atoms with Gasteiger partial charge in [0.15, 0.2) is 0 Å². The predicted octanol–water partition coefficient (Wildman–Crippen LogP) is 2.94. The van der Waals surface area contributed by atoms with E-state index < -0.39 is 11.4 Å². The molecule has 1 rings (SSSR count). The van der Waals surface area contributed by atoms with E-state index in [0.717, 1.165) is 5.56 Å². The highest BCUT2D eigenvalue weighted by molar-refractivity contribution is 6.03. The average Bonchev–Trinajstić information content (AvgIpc) is 2.39. The van der Waals surface area contributed by atoms with E-state index in [-0.39, 0.29) is 18.8 Å². The predicted molar refractivity (Wildman–Crippen MR) is 74.7 cm³/mol. The molecule has 0 aliphatic heterocycles. The van der Waals surface area contributed by atoms with Gasteiger partial charge < -0.3 is 4.74 Å². The second-order valence-corrected chi connectivity index (χ2v) is 4.51. The number of carbonyl (C=O) groups excluding carboxylic acids is 2. The Morgan fingerprint density at radius 2 is 1.95 bits per heavy atom. The largest absolute Gasteiger partial charge is 0.465 e. The number of esters is 1. The third kappa shape index (κ3) is 3.53. The third-order valence-corrected chi connectivity index (χ3v) is 3.18. The van der Waals surface area contributed by atoms with Crippen molar-refractivity contribution in [3.63, 3.8) is 0 Å². The minimum atomic E-state index is -1.15. The Morgan fingerprint density at radius 3 is 2.42 bits per heavy atom. The quantitative estimate of drug-likeness (QED) is 0.430. The van der Waals surface area contributed by atoms with Gasteiger partial charge in [-0.25, -0.2) is 0 Å². The number of ketones is 1. The number of rotatable bonds is 7. The van der Waals surface area contributed by atoms with Crippen LogP contribution in [-0.2, 0) is 20.7 Å². The molecular weight excluding hydrogens is 240 g/mol. The van der Waals surface area contributed by atoms with E-state index in [0.29, 0.717) is 6.42 Å². The molecule has 0 aromatic heterocycles. The van der Waals surface area contributed by atoms with Crippen LogP contribution >= 0.6 is 0 Å². The molecule has 0 spiro atoms. The average molecular weight is 260 g/mol. The number of Topliss-reactive ketones (excluding diaryl/α,β-unsaturated/α-hetero) is 1. The number of benzene rings is 1. The van der Waals surface area contributed by atoms with Crippen molar-refractivity contribution >= 4 is 11.8 Å². The number of ether oxygens (including phenoxy) is 1. The minimum absolute atomic E-state index is 0.185. The van der Waals surface area contributed by atoms with Crippen LogP contribution in [0, 0.1) is 5.41 Å². The van der Waals surface area contributed by atoms with Crippen LogP contribution in [0.25, 0.3) is 0 Å². The SMILES string of the molecule is C=CC[C@](Cc1ccccc1)(C(C)=O)C(=O)OCC. The number of carbonyl (C=O) groups is 2. The third-order valence-electron chi connectivity index (χ3n) is 3.18. The van der Waals surface area contributed by atoms with Gasteiger partial charge >= 0.3 is 5.97 Å². The van der Waals surface area contributed by atoms with E-state index in [9.17, 15) is 9.59 Å². The summed E-state index contributed by atoms with van der Waals surface area (Å²) < 4.78 is 5.09. The molecule has 1 aromatic rings. The Bertz CT molecular complexity index is 450. The highest BCUT2D eigenvalue weighted by Gasteiger charge is 2.43. The van der Waals surface area contributed by atoms with Crippen molar-refractivity contribution in [2.45, 2.75) is 26.7 Å². The maximum absolute atomic E-state index is 12.2. The molecule has 0 saturated heterocycles. The van der Waals surface area contributed by atoms with E-state index in [1.54, 1.807) is 13.0 Å². The van der Waals surface area contributed by atoms with Crippen LogP contribution < -0.4 is 0 Å². The Hall–Kier alpha value is -1.90. The van der Waals surface area contributed by atoms with E-state index in [1.807, 2.05) is 30.3 Å². The van der Waals surface area contributed by atoms with Gasteiger partial charge in [-0.2, -0.15) is 0 Å². The van der Waals surface area contributed by atoms with Crippen molar-refractivity contribution in [1.29, 1.82) is 0 Å². The van der Waals surface area contributed by atoms with Crippen molar-refractivity contribution in [1.82, 2.24) is 0 Å². The van der Waals surface area contributed by atoms with Crippen molar-refractivity contribution in [2.24, 2.45) is 5.41 Å². The fraction of sp³-hybridized carbons (Fsp3) is 0.375. The maximum atomic E-state index is 12.2. The number of hydrogen-bond donors (Lipinski definition) is 0. The molecule has 0 amide bonds. The molecule has 0 bridgehead atoms. The van der Waals surface area contributed by atoms with Gasteiger partial charge in [-0.05, 0) is 32.3 Å². The number of hydrogen-bond acceptors (Lipinski definition) is 3. The lowest BCUT2D eigenvalue weighted by Gasteiger charge is -2.27. The molecule has 3 nitrogen and oxygen atoms in total. The van der Waals surface area contributed by atoms with Gasteiger partial charge in [0.05, 0.1) is 6.61 Å². The molecule has 0 saturated carbocycles. The Kier molecular flexibility index (Phi) is 5.49. The van der Waals surface area contributed by atoms with Crippen molar-refractivity contribution < 1.29 is 14.3 Å². The van der Waals surface area contributed by atoms with Gasteiger partial charge in [-0.15, -0.1) is 6.58 Å². The lowest BCUT2D eigenvalue weighted by Crippen LogP contribution is -2.41. The maximum Gasteiger partial charge on any atom is 0.320 e. The Morgan fingerprint density at radius 1 is 1.32 bits per heavy atom. The first-order chi connectivity index (χ1) is 9.06. The first kappa shape index (κ1) is 15.2. The lowest BCUT2D eigenvalue weighted by atomic mass is 9.75. The monoisotopic (exact) mass is 260 g/mol. The molecule has 0 aliphatic rings. The smallest absolute Gasteiger partial charge is 0.320 e. The van der Waals surface area contributed by atoms with Crippen LogP contribution in [0.2, 0.25) is 0 Å². The van der Waals surface area contributed by atoms with Crippen LogP contribution in [0.3, 0.4) is 0 Å². The first-order valence-corrected chi connectivity index (χ1v) is 6.40. The fourth-order valence-corrected chi connectivity index (χ4v) is 2.10. The van der Waals surface area contributed by atoms with Crippen LogP contribution in [0.5, 0.6) is 0 Å². The van der Waals surface area contributed by atoms with Gasteiger partial charge in [-0.3, -0.25) is 9.59 Å². The summed E-state index contributed by atoms with van der Waals surface area (Å²) >= 11 is 0. The van der Waals surface area contributed by atoms with Gasteiger partial charge in [0.1, 0.15) is 11.2 Å². The molecule has 0 aliphatic carbocycles. The molecule has 0 unspecified atom stereocenters. The molecule has 1 atom stereocenters. The van der Waals surface area contributed by atoms with Gasteiger partial charge in [-0.1, -0.05) is 36.4 Å². The van der Waals surface area contributed by atoms with E-state index >= 15 is 0 Å². The second kappa shape index (κ2) is 6.88. The summed E-state index contributed by atoms with van der Waals surface area (Å²) in [5.41, 5.74) is -0.216. The van der Waals surface area contributed by atoms with Crippen LogP contribution in [0.4, 0.5) is 0 Å². The molecule has 0 fully saturated rings. The van der Waals surface area contributed by atoms with E-state index in [1.165, 1.54) is 6.92 Å². The summed E-state index contributed by atoms with van der Waals surface area (Å²) in [7, 11) is 0. The Balaban J connectivity index is 3.12. The molecule has 0 heterocycles. The van der Waals surface area contributed by atoms with Gasteiger partial charge in [0, 0.05) is 0 Å². The molecule has 102 valence electrons. The molecule has 1 aromatic carbocycles. The summed E-state index contributed by atoms with van der Waals surface area (Å²) in [5, 5.41) is 0. The normalized spacial score (nSPS) is 13.4. The lowest BCUT2D eigenvalue weighted by molar-refractivity contribution is -0.159. The zero-order valence-corrected chi connectivity index (χ0v) is 11.5. The van der Waals surface area contributed by atoms with Crippen molar-refractivity contribution in [2.75, 3.05) is 6.61 Å². The molecule has 0 radical (unpaired) electrons. The second-order valence-electron chi connectivity index (χ2n) is 4.51. The van der Waals surface area contributed by atoms with Crippen LogP contribution in [0.15, 0.2) is 43.0 Å². The standard InChI is InChI=1S/C16H20O3/c1-4-11-16(13(3)17,15(18)19-5-2)12-14-9-7-6-8-10-14/h4,6-10H,1,5,11-12H2,2-3H3/t16-/m0/s1. The molecular formula is C16H20O3. The van der Waals surface area contributed by atoms with E-state index in [4.69, 9.17) is 4.74 Å². The highest BCUT2D eigenvalue weighted by Crippen LogP contribution is 2.31. The van der Waals surface area contributed by atoms with Crippen LogP contribution in [-0.4, -0.2) is 18.4 Å². The Labute approximate surface area is 114 Å². The minimum Gasteiger partial charge on any atom is -0.465 e. The summed E-state index contributed by atoms with van der Waals surface area (Å²) in [6, 6.07) is 9.48. The van der Waals surface area contributed by atoms with Crippen molar-refractivity contribution in [3.05, 3.63) is 48.6 Å². The van der Waals surface area contributed by atoms with Gasteiger partial charge in [0.25, 0.3) is 0 Å². The summed E-state index contributed by atoms with van der Waals surface area (Å²) in [5.74, 6) is -0.652. The van der Waals surface area contributed by atoms with Crippen LogP contribution in [0.1, 0.15) is 25.8 Å². The summed E-state index contributed by atoms with van der Waals surface area (Å²) in [6.45, 7) is 7.08. The van der Waals surface area contributed by atoms with E-state index in [2.05, 4.69) is 6.58 Å². The summed E-state index contributed by atoms with van der Waals surface area (Å²) in [6.07, 6.45) is 2.23. The zero-order valence-electron chi connectivity index (χ0n) is 11.5. The summed E-state index contributed by atoms with van der Waals surface area (Å²) in [4.78, 5) is 24.2. The zero-order chi connectivity index (χ0) is 14.3. The first-order valence-electron chi connectivity index (χ1n) is 6.40. The molecule has 3 heteroatoms. The molecule has 0 N–H and O–H groups in total. The van der Waals surface area contributed by atoms with Crippen molar-refractivity contribution in [3.8, 4) is 0 Å². The van der Waals surface area contributed by atoms with Gasteiger partial charge in [0.2, 0.25) is 0 Å². The highest BCUT2D eigenvalue weighted by atomic mass is 16.5. The fourth-order valence-electron chi connectivity index (χ4n) is 2.10. The number of allylic oxidation sites excluding steroid dienone is 1. The molecule has 19 heavy (non-hydrogen) atoms.